The first-order valence-electron chi connectivity index (χ1n) is 8.36. The SMILES string of the molecule is CCOC1CC(N)(C(=O)NC(C)CCCC(C)C)C1(C)C. The summed E-state index contributed by atoms with van der Waals surface area (Å²) < 4.78 is 5.67. The number of carbonyl (C=O) groups is 1. The van der Waals surface area contributed by atoms with Gasteiger partial charge in [0.1, 0.15) is 5.54 Å². The minimum absolute atomic E-state index is 0.0273. The van der Waals surface area contributed by atoms with Gasteiger partial charge in [-0.15, -0.1) is 0 Å². The van der Waals surface area contributed by atoms with E-state index >= 15 is 0 Å². The second kappa shape index (κ2) is 7.10. The molecule has 1 saturated carbocycles. The summed E-state index contributed by atoms with van der Waals surface area (Å²) in [7, 11) is 0. The van der Waals surface area contributed by atoms with Gasteiger partial charge in [-0.05, 0) is 26.2 Å². The molecule has 1 amide bonds. The molecule has 124 valence electrons. The summed E-state index contributed by atoms with van der Waals surface area (Å²) in [5, 5.41) is 3.09. The molecule has 1 aliphatic rings. The fourth-order valence-electron chi connectivity index (χ4n) is 3.08. The summed E-state index contributed by atoms with van der Waals surface area (Å²) in [6.45, 7) is 13.2. The average molecular weight is 298 g/mol. The van der Waals surface area contributed by atoms with Gasteiger partial charge in [-0.25, -0.2) is 0 Å². The van der Waals surface area contributed by atoms with Gasteiger partial charge in [0.25, 0.3) is 0 Å². The zero-order chi connectivity index (χ0) is 16.3. The van der Waals surface area contributed by atoms with Crippen LogP contribution in [0.25, 0.3) is 0 Å². The lowest BCUT2D eigenvalue weighted by molar-refractivity contribution is -0.171. The fraction of sp³-hybridized carbons (Fsp3) is 0.941. The molecule has 0 saturated heterocycles. The zero-order valence-corrected chi connectivity index (χ0v) is 14.7. The molecule has 0 aromatic rings. The van der Waals surface area contributed by atoms with Crippen LogP contribution in [0, 0.1) is 11.3 Å². The van der Waals surface area contributed by atoms with E-state index in [9.17, 15) is 4.79 Å². The van der Waals surface area contributed by atoms with E-state index in [-0.39, 0.29) is 23.5 Å². The number of hydrogen-bond acceptors (Lipinski definition) is 3. The third-order valence-electron chi connectivity index (χ3n) is 5.03. The van der Waals surface area contributed by atoms with Crippen LogP contribution in [0.1, 0.15) is 67.2 Å². The lowest BCUT2D eigenvalue weighted by Crippen LogP contribution is -2.76. The lowest BCUT2D eigenvalue weighted by atomic mass is 9.54. The highest BCUT2D eigenvalue weighted by Crippen LogP contribution is 2.49. The van der Waals surface area contributed by atoms with Crippen molar-refractivity contribution >= 4 is 5.91 Å². The Morgan fingerprint density at radius 3 is 2.43 bits per heavy atom. The number of amides is 1. The highest BCUT2D eigenvalue weighted by Gasteiger charge is 2.62. The third-order valence-corrected chi connectivity index (χ3v) is 5.03. The third kappa shape index (κ3) is 3.98. The Morgan fingerprint density at radius 2 is 1.95 bits per heavy atom. The molecule has 0 spiro atoms. The van der Waals surface area contributed by atoms with E-state index < -0.39 is 5.54 Å². The molecule has 21 heavy (non-hydrogen) atoms. The molecule has 1 rings (SSSR count). The van der Waals surface area contributed by atoms with Crippen LogP contribution in [0.5, 0.6) is 0 Å². The molecule has 0 aliphatic heterocycles. The number of ether oxygens (including phenoxy) is 1. The first kappa shape index (κ1) is 18.4. The minimum Gasteiger partial charge on any atom is -0.378 e. The molecule has 3 N–H and O–H groups in total. The van der Waals surface area contributed by atoms with E-state index in [4.69, 9.17) is 10.5 Å². The van der Waals surface area contributed by atoms with Gasteiger partial charge in [-0.3, -0.25) is 4.79 Å². The van der Waals surface area contributed by atoms with Gasteiger partial charge in [0.05, 0.1) is 6.10 Å². The number of carbonyl (C=O) groups excluding carboxylic acids is 1. The Labute approximate surface area is 130 Å². The van der Waals surface area contributed by atoms with Gasteiger partial charge < -0.3 is 15.8 Å². The molecule has 0 bridgehead atoms. The van der Waals surface area contributed by atoms with Crippen molar-refractivity contribution in [2.75, 3.05) is 6.61 Å². The Morgan fingerprint density at radius 1 is 1.33 bits per heavy atom. The van der Waals surface area contributed by atoms with E-state index in [1.165, 1.54) is 6.42 Å². The van der Waals surface area contributed by atoms with Gasteiger partial charge in [-0.1, -0.05) is 40.5 Å². The Bertz CT molecular complexity index is 355. The Kier molecular flexibility index (Phi) is 6.23. The van der Waals surface area contributed by atoms with Gasteiger partial charge in [0.15, 0.2) is 0 Å². The first-order chi connectivity index (χ1) is 9.65. The van der Waals surface area contributed by atoms with Crippen LogP contribution >= 0.6 is 0 Å². The summed E-state index contributed by atoms with van der Waals surface area (Å²) >= 11 is 0. The summed E-state index contributed by atoms with van der Waals surface area (Å²) in [4.78, 5) is 12.5. The highest BCUT2D eigenvalue weighted by molar-refractivity contribution is 5.89. The molecule has 0 radical (unpaired) electrons. The van der Waals surface area contributed by atoms with E-state index in [2.05, 4.69) is 26.1 Å². The molecular weight excluding hydrogens is 264 g/mol. The maximum atomic E-state index is 12.5. The summed E-state index contributed by atoms with van der Waals surface area (Å²) in [5.41, 5.74) is 5.26. The van der Waals surface area contributed by atoms with Crippen LogP contribution in [0.4, 0.5) is 0 Å². The maximum Gasteiger partial charge on any atom is 0.241 e. The normalized spacial score (nSPS) is 29.0. The van der Waals surface area contributed by atoms with Gasteiger partial charge in [-0.2, -0.15) is 0 Å². The lowest BCUT2D eigenvalue weighted by Gasteiger charge is -2.57. The topological polar surface area (TPSA) is 64.3 Å². The second-order valence-corrected chi connectivity index (χ2v) is 7.54. The Balaban J connectivity index is 2.48. The number of hydrogen-bond donors (Lipinski definition) is 2. The molecule has 1 aliphatic carbocycles. The summed E-state index contributed by atoms with van der Waals surface area (Å²) in [6.07, 6.45) is 4.04. The van der Waals surface area contributed by atoms with Crippen molar-refractivity contribution in [3.63, 3.8) is 0 Å². The first-order valence-corrected chi connectivity index (χ1v) is 8.36. The molecule has 0 heterocycles. The number of nitrogens with one attached hydrogen (secondary N) is 1. The summed E-state index contributed by atoms with van der Waals surface area (Å²) in [5.74, 6) is 0.687. The van der Waals surface area contributed by atoms with Crippen molar-refractivity contribution in [3.05, 3.63) is 0 Å². The van der Waals surface area contributed by atoms with Gasteiger partial charge in [0.2, 0.25) is 5.91 Å². The van der Waals surface area contributed by atoms with Crippen LogP contribution < -0.4 is 11.1 Å². The number of nitrogens with two attached hydrogens (primary N) is 1. The molecule has 4 heteroatoms. The van der Waals surface area contributed by atoms with Crippen molar-refractivity contribution in [3.8, 4) is 0 Å². The van der Waals surface area contributed by atoms with Crippen molar-refractivity contribution in [1.82, 2.24) is 5.32 Å². The maximum absolute atomic E-state index is 12.5. The van der Waals surface area contributed by atoms with E-state index in [1.54, 1.807) is 0 Å². The van der Waals surface area contributed by atoms with Crippen LogP contribution in [-0.2, 0) is 9.53 Å². The van der Waals surface area contributed by atoms with Gasteiger partial charge >= 0.3 is 0 Å². The smallest absolute Gasteiger partial charge is 0.241 e. The van der Waals surface area contributed by atoms with Crippen molar-refractivity contribution in [1.29, 1.82) is 0 Å². The van der Waals surface area contributed by atoms with E-state index in [0.29, 0.717) is 18.9 Å². The van der Waals surface area contributed by atoms with Crippen LogP contribution in [0.3, 0.4) is 0 Å². The molecule has 1 fully saturated rings. The fourth-order valence-corrected chi connectivity index (χ4v) is 3.08. The van der Waals surface area contributed by atoms with Crippen LogP contribution in [-0.4, -0.2) is 30.2 Å². The molecule has 0 aromatic heterocycles. The van der Waals surface area contributed by atoms with Gasteiger partial charge in [0, 0.05) is 24.5 Å². The molecular formula is C17H34N2O2. The highest BCUT2D eigenvalue weighted by atomic mass is 16.5. The molecule has 0 aromatic carbocycles. The van der Waals surface area contributed by atoms with Crippen molar-refractivity contribution < 1.29 is 9.53 Å². The average Bonchev–Trinajstić information content (AvgIpc) is 2.37. The van der Waals surface area contributed by atoms with Crippen LogP contribution in [0.15, 0.2) is 0 Å². The Hall–Kier alpha value is -0.610. The largest absolute Gasteiger partial charge is 0.378 e. The van der Waals surface area contributed by atoms with E-state index in [0.717, 1.165) is 12.8 Å². The molecule has 3 unspecified atom stereocenters. The molecule has 3 atom stereocenters. The zero-order valence-electron chi connectivity index (χ0n) is 14.7. The standard InChI is InChI=1S/C17H34N2O2/c1-7-21-14-11-17(18,16(14,5)6)15(20)19-13(4)10-8-9-12(2)3/h12-14H,7-11,18H2,1-6H3,(H,19,20). The van der Waals surface area contributed by atoms with Crippen molar-refractivity contribution in [2.45, 2.75) is 84.9 Å². The quantitative estimate of drug-likeness (QED) is 0.724. The second-order valence-electron chi connectivity index (χ2n) is 7.54. The predicted octanol–water partition coefficient (Wildman–Crippen LogP) is 2.85. The summed E-state index contributed by atoms with van der Waals surface area (Å²) in [6, 6.07) is 0.179. The monoisotopic (exact) mass is 298 g/mol. The minimum atomic E-state index is -0.806. The van der Waals surface area contributed by atoms with Crippen molar-refractivity contribution in [2.24, 2.45) is 17.1 Å². The molecule has 4 nitrogen and oxygen atoms in total. The van der Waals surface area contributed by atoms with Crippen LogP contribution in [0.2, 0.25) is 0 Å². The predicted molar refractivity (Wildman–Crippen MR) is 87.0 cm³/mol. The van der Waals surface area contributed by atoms with E-state index in [1.807, 2.05) is 20.8 Å². The number of rotatable bonds is 8.